The first-order valence-electron chi connectivity index (χ1n) is 8.50. The van der Waals surface area contributed by atoms with Gasteiger partial charge in [0, 0.05) is 24.9 Å². The Labute approximate surface area is 163 Å². The highest BCUT2D eigenvalue weighted by Gasteiger charge is 2.10. The van der Waals surface area contributed by atoms with Gasteiger partial charge in [-0.1, -0.05) is 18.2 Å². The number of methoxy groups -OCH3 is 2. The fourth-order valence-electron chi connectivity index (χ4n) is 2.37. The standard InChI is InChI=1S/C21H21N3O4/c1-27-18-12-15(13-19(28-2)20(18)25)6-5-7-16(14-22)21(26)24-11-9-17-8-3-4-10-23-17/h3-8,10,12-13,25H,9,11H2,1-2H3,(H,24,26). The molecule has 7 heteroatoms. The number of carbonyl (C=O) groups is 1. The van der Waals surface area contributed by atoms with Crippen molar-refractivity contribution in [1.82, 2.24) is 10.3 Å². The first-order chi connectivity index (χ1) is 13.6. The van der Waals surface area contributed by atoms with Gasteiger partial charge in [0.25, 0.3) is 5.91 Å². The Morgan fingerprint density at radius 3 is 2.57 bits per heavy atom. The number of amides is 1. The maximum Gasteiger partial charge on any atom is 0.261 e. The quantitative estimate of drug-likeness (QED) is 0.415. The number of pyridine rings is 1. The number of phenols is 1. The maximum absolute atomic E-state index is 12.1. The van der Waals surface area contributed by atoms with Crippen molar-refractivity contribution in [2.24, 2.45) is 0 Å². The number of ether oxygens (including phenoxy) is 2. The summed E-state index contributed by atoms with van der Waals surface area (Å²) in [5, 5.41) is 21.8. The van der Waals surface area contributed by atoms with E-state index >= 15 is 0 Å². The van der Waals surface area contributed by atoms with Crippen LogP contribution in [0.3, 0.4) is 0 Å². The van der Waals surface area contributed by atoms with E-state index in [4.69, 9.17) is 9.47 Å². The second-order valence-electron chi connectivity index (χ2n) is 5.65. The van der Waals surface area contributed by atoms with E-state index in [0.29, 0.717) is 18.5 Å². The van der Waals surface area contributed by atoms with Crippen LogP contribution in [0.1, 0.15) is 11.3 Å². The van der Waals surface area contributed by atoms with Crippen LogP contribution in [-0.4, -0.2) is 36.8 Å². The number of hydrogen-bond acceptors (Lipinski definition) is 6. The van der Waals surface area contributed by atoms with Crippen molar-refractivity contribution in [2.75, 3.05) is 20.8 Å². The number of carbonyl (C=O) groups excluding carboxylic acids is 1. The molecule has 1 amide bonds. The topological polar surface area (TPSA) is 104 Å². The third kappa shape index (κ3) is 5.61. The molecule has 0 aliphatic heterocycles. The third-order valence-corrected chi connectivity index (χ3v) is 3.81. The number of allylic oxidation sites excluding steroid dienone is 2. The molecule has 2 N–H and O–H groups in total. The van der Waals surface area contributed by atoms with Gasteiger partial charge in [-0.2, -0.15) is 5.26 Å². The largest absolute Gasteiger partial charge is 0.502 e. The first kappa shape index (κ1) is 20.5. The highest BCUT2D eigenvalue weighted by molar-refractivity contribution is 5.97. The molecule has 144 valence electrons. The molecule has 0 saturated carbocycles. The van der Waals surface area contributed by atoms with Crippen molar-refractivity contribution < 1.29 is 19.4 Å². The van der Waals surface area contributed by atoms with Crippen LogP contribution >= 0.6 is 0 Å². The second kappa shape index (κ2) is 10.4. The molecule has 2 aromatic rings. The summed E-state index contributed by atoms with van der Waals surface area (Å²) >= 11 is 0. The van der Waals surface area contributed by atoms with Crippen molar-refractivity contribution in [3.05, 3.63) is 65.5 Å². The average Bonchev–Trinajstić information content (AvgIpc) is 2.72. The van der Waals surface area contributed by atoms with E-state index in [1.165, 1.54) is 20.3 Å². The van der Waals surface area contributed by atoms with Crippen LogP contribution in [0.25, 0.3) is 6.08 Å². The Hall–Kier alpha value is -3.79. The minimum Gasteiger partial charge on any atom is -0.502 e. The molecule has 0 unspecified atom stereocenters. The fourth-order valence-corrected chi connectivity index (χ4v) is 2.37. The molecule has 0 aliphatic rings. The molecule has 0 saturated heterocycles. The van der Waals surface area contributed by atoms with Crippen LogP contribution in [0.2, 0.25) is 0 Å². The highest BCUT2D eigenvalue weighted by Crippen LogP contribution is 2.37. The summed E-state index contributed by atoms with van der Waals surface area (Å²) in [4.78, 5) is 16.3. The maximum atomic E-state index is 12.1. The summed E-state index contributed by atoms with van der Waals surface area (Å²) in [5.41, 5.74) is 1.52. The van der Waals surface area contributed by atoms with Crippen LogP contribution in [-0.2, 0) is 11.2 Å². The van der Waals surface area contributed by atoms with Crippen LogP contribution in [0, 0.1) is 11.3 Å². The van der Waals surface area contributed by atoms with Crippen LogP contribution in [0.5, 0.6) is 17.2 Å². The number of rotatable bonds is 8. The Bertz CT molecular complexity index is 890. The fraction of sp³-hybridized carbons (Fsp3) is 0.190. The smallest absolute Gasteiger partial charge is 0.261 e. The van der Waals surface area contributed by atoms with Gasteiger partial charge in [-0.15, -0.1) is 0 Å². The lowest BCUT2D eigenvalue weighted by atomic mass is 10.1. The Morgan fingerprint density at radius 1 is 1.29 bits per heavy atom. The van der Waals surface area contributed by atoms with E-state index in [9.17, 15) is 15.2 Å². The number of benzene rings is 1. The van der Waals surface area contributed by atoms with E-state index in [2.05, 4.69) is 10.3 Å². The number of nitrogens with one attached hydrogen (secondary N) is 1. The molecule has 0 fully saturated rings. The van der Waals surface area contributed by atoms with Crippen molar-refractivity contribution in [2.45, 2.75) is 6.42 Å². The number of nitriles is 1. The zero-order chi connectivity index (χ0) is 20.4. The number of phenolic OH excluding ortho intramolecular Hbond substituents is 1. The van der Waals surface area contributed by atoms with Gasteiger partial charge in [-0.3, -0.25) is 9.78 Å². The number of aromatic nitrogens is 1. The van der Waals surface area contributed by atoms with Crippen LogP contribution in [0.15, 0.2) is 54.3 Å². The summed E-state index contributed by atoms with van der Waals surface area (Å²) in [7, 11) is 2.87. The lowest BCUT2D eigenvalue weighted by Gasteiger charge is -2.09. The summed E-state index contributed by atoms with van der Waals surface area (Å²) in [6, 6.07) is 10.7. The van der Waals surface area contributed by atoms with Crippen LogP contribution in [0.4, 0.5) is 0 Å². The summed E-state index contributed by atoms with van der Waals surface area (Å²) in [6.07, 6.45) is 6.93. The molecule has 1 aromatic heterocycles. The van der Waals surface area contributed by atoms with Gasteiger partial charge in [0.1, 0.15) is 11.6 Å². The molecule has 2 rings (SSSR count). The molecule has 0 spiro atoms. The van der Waals surface area contributed by atoms with Gasteiger partial charge in [0.05, 0.1) is 14.2 Å². The minimum atomic E-state index is -0.455. The average molecular weight is 379 g/mol. The molecule has 0 radical (unpaired) electrons. The van der Waals surface area contributed by atoms with Crippen LogP contribution < -0.4 is 14.8 Å². The van der Waals surface area contributed by atoms with E-state index in [0.717, 1.165) is 5.69 Å². The van der Waals surface area contributed by atoms with E-state index < -0.39 is 5.91 Å². The minimum absolute atomic E-state index is 0.0185. The number of hydrogen-bond donors (Lipinski definition) is 2. The van der Waals surface area contributed by atoms with Gasteiger partial charge < -0.3 is 19.9 Å². The van der Waals surface area contributed by atoms with E-state index in [-0.39, 0.29) is 22.8 Å². The Kier molecular flexibility index (Phi) is 7.61. The Balaban J connectivity index is 2.02. The predicted molar refractivity (Wildman–Crippen MR) is 105 cm³/mol. The van der Waals surface area contributed by atoms with Crippen molar-refractivity contribution >= 4 is 12.0 Å². The Morgan fingerprint density at radius 2 is 2.00 bits per heavy atom. The molecule has 1 heterocycles. The van der Waals surface area contributed by atoms with E-state index in [1.54, 1.807) is 30.5 Å². The number of aromatic hydroxyl groups is 1. The first-order valence-corrected chi connectivity index (χ1v) is 8.50. The van der Waals surface area contributed by atoms with Gasteiger partial charge in [-0.05, 0) is 35.9 Å². The zero-order valence-electron chi connectivity index (χ0n) is 15.7. The lowest BCUT2D eigenvalue weighted by Crippen LogP contribution is -2.26. The van der Waals surface area contributed by atoms with Gasteiger partial charge in [0.2, 0.25) is 5.75 Å². The van der Waals surface area contributed by atoms with Gasteiger partial charge in [0.15, 0.2) is 11.5 Å². The van der Waals surface area contributed by atoms with Gasteiger partial charge >= 0.3 is 0 Å². The SMILES string of the molecule is COc1cc(C=CC=C(C#N)C(=O)NCCc2ccccn2)cc(OC)c1O. The molecule has 28 heavy (non-hydrogen) atoms. The molecular formula is C21H21N3O4. The highest BCUT2D eigenvalue weighted by atomic mass is 16.5. The molecule has 1 aromatic carbocycles. The molecular weight excluding hydrogens is 358 g/mol. The van der Waals surface area contributed by atoms with Gasteiger partial charge in [-0.25, -0.2) is 0 Å². The van der Waals surface area contributed by atoms with E-state index in [1.807, 2.05) is 24.3 Å². The lowest BCUT2D eigenvalue weighted by molar-refractivity contribution is -0.117. The summed E-state index contributed by atoms with van der Waals surface area (Å²) in [6.45, 7) is 0.380. The normalized spacial score (nSPS) is 11.1. The van der Waals surface area contributed by atoms with Crippen molar-refractivity contribution in [3.63, 3.8) is 0 Å². The van der Waals surface area contributed by atoms with Crippen molar-refractivity contribution in [3.8, 4) is 23.3 Å². The number of nitrogens with zero attached hydrogens (tertiary/aromatic N) is 2. The molecule has 0 atom stereocenters. The third-order valence-electron chi connectivity index (χ3n) is 3.81. The zero-order valence-corrected chi connectivity index (χ0v) is 15.7. The molecule has 7 nitrogen and oxygen atoms in total. The monoisotopic (exact) mass is 379 g/mol. The molecule has 0 bridgehead atoms. The molecule has 0 aliphatic carbocycles. The second-order valence-corrected chi connectivity index (χ2v) is 5.65. The predicted octanol–water partition coefficient (Wildman–Crippen LogP) is 2.63. The summed E-state index contributed by atoms with van der Waals surface area (Å²) < 4.78 is 10.2. The van der Waals surface area contributed by atoms with Crippen molar-refractivity contribution in [1.29, 1.82) is 5.26 Å². The summed E-state index contributed by atoms with van der Waals surface area (Å²) in [5.74, 6) is -0.0295.